The van der Waals surface area contributed by atoms with Gasteiger partial charge in [-0.25, -0.2) is 9.97 Å². The molecule has 0 aliphatic rings. The highest BCUT2D eigenvalue weighted by atomic mass is 15.3. The number of aromatic nitrogens is 4. The Labute approximate surface area is 152 Å². The molecule has 128 valence electrons. The first-order valence-corrected chi connectivity index (χ1v) is 8.44. The van der Waals surface area contributed by atoms with Crippen LogP contribution in [0.2, 0.25) is 0 Å². The van der Waals surface area contributed by atoms with E-state index in [1.54, 1.807) is 10.9 Å². The van der Waals surface area contributed by atoms with Gasteiger partial charge < -0.3 is 5.32 Å². The smallest absolute Gasteiger partial charge is 0.227 e. The molecular weight excluding hydrogens is 322 g/mol. The van der Waals surface area contributed by atoms with E-state index in [4.69, 9.17) is 4.98 Å². The zero-order valence-corrected chi connectivity index (χ0v) is 14.7. The molecule has 4 rings (SSSR count). The molecule has 0 aliphatic heterocycles. The maximum Gasteiger partial charge on any atom is 0.227 e. The molecule has 0 bridgehead atoms. The average molecular weight is 341 g/mol. The van der Waals surface area contributed by atoms with Crippen LogP contribution in [0.4, 0.5) is 11.6 Å². The first kappa shape index (κ1) is 16.0. The summed E-state index contributed by atoms with van der Waals surface area (Å²) in [7, 11) is 1.88. The lowest BCUT2D eigenvalue weighted by molar-refractivity contribution is 0.768. The second-order valence-corrected chi connectivity index (χ2v) is 6.20. The van der Waals surface area contributed by atoms with Crippen molar-refractivity contribution in [3.8, 4) is 22.4 Å². The fourth-order valence-corrected chi connectivity index (χ4v) is 2.86. The molecule has 0 unspecified atom stereocenters. The minimum atomic E-state index is 0.561. The molecule has 5 heteroatoms. The number of benzene rings is 2. The Morgan fingerprint density at radius 2 is 1.54 bits per heavy atom. The molecular formula is C21H19N5. The summed E-state index contributed by atoms with van der Waals surface area (Å²) in [4.78, 5) is 9.07. The highest BCUT2D eigenvalue weighted by Crippen LogP contribution is 2.26. The summed E-state index contributed by atoms with van der Waals surface area (Å²) in [5.41, 5.74) is 6.29. The molecule has 0 saturated heterocycles. The van der Waals surface area contributed by atoms with Gasteiger partial charge in [-0.15, -0.1) is 0 Å². The number of nitrogens with zero attached hydrogens (tertiary/aromatic N) is 4. The lowest BCUT2D eigenvalue weighted by Gasteiger charge is -2.09. The molecule has 1 N–H and O–H groups in total. The minimum absolute atomic E-state index is 0.561. The number of nitrogens with one attached hydrogen (secondary N) is 1. The molecule has 0 saturated carbocycles. The van der Waals surface area contributed by atoms with Crippen molar-refractivity contribution in [3.63, 3.8) is 0 Å². The second-order valence-electron chi connectivity index (χ2n) is 6.20. The summed E-state index contributed by atoms with van der Waals surface area (Å²) in [6.07, 6.45) is 5.47. The number of hydrogen-bond donors (Lipinski definition) is 1. The van der Waals surface area contributed by atoms with Crippen LogP contribution >= 0.6 is 0 Å². The molecule has 0 fully saturated rings. The van der Waals surface area contributed by atoms with Gasteiger partial charge in [0.25, 0.3) is 0 Å². The zero-order chi connectivity index (χ0) is 17.9. The quantitative estimate of drug-likeness (QED) is 0.589. The summed E-state index contributed by atoms with van der Waals surface area (Å²) in [5.74, 6) is 0.561. The molecule has 0 spiro atoms. The zero-order valence-electron chi connectivity index (χ0n) is 14.7. The fourth-order valence-electron chi connectivity index (χ4n) is 2.86. The van der Waals surface area contributed by atoms with Crippen molar-refractivity contribution in [1.29, 1.82) is 0 Å². The van der Waals surface area contributed by atoms with Gasteiger partial charge in [0.05, 0.1) is 17.6 Å². The molecule has 5 nitrogen and oxygen atoms in total. The average Bonchev–Trinajstić information content (AvgIpc) is 3.09. The van der Waals surface area contributed by atoms with Gasteiger partial charge in [0.15, 0.2) is 0 Å². The highest BCUT2D eigenvalue weighted by molar-refractivity contribution is 5.70. The minimum Gasteiger partial charge on any atom is -0.321 e. The van der Waals surface area contributed by atoms with Crippen molar-refractivity contribution in [2.75, 3.05) is 5.32 Å². The van der Waals surface area contributed by atoms with Crippen LogP contribution in [0, 0.1) is 6.92 Å². The predicted molar refractivity (Wildman–Crippen MR) is 104 cm³/mol. The van der Waals surface area contributed by atoms with Crippen molar-refractivity contribution in [3.05, 3.63) is 78.8 Å². The molecule has 4 aromatic rings. The number of anilines is 2. The van der Waals surface area contributed by atoms with Crippen LogP contribution in [-0.4, -0.2) is 19.7 Å². The Morgan fingerprint density at radius 3 is 2.23 bits per heavy atom. The van der Waals surface area contributed by atoms with Crippen LogP contribution in [0.3, 0.4) is 0 Å². The summed E-state index contributed by atoms with van der Waals surface area (Å²) in [6.45, 7) is 2.02. The van der Waals surface area contributed by atoms with Crippen molar-refractivity contribution in [2.24, 2.45) is 7.05 Å². The van der Waals surface area contributed by atoms with Crippen LogP contribution in [0.25, 0.3) is 22.4 Å². The standard InChI is InChI=1S/C21H19N5/c1-15-12-22-21(24-19-13-23-26(2)14-19)25-20(15)18-10-8-17(9-11-18)16-6-4-3-5-7-16/h3-14H,1-2H3,(H,22,24,25). The van der Waals surface area contributed by atoms with E-state index in [0.717, 1.165) is 22.5 Å². The van der Waals surface area contributed by atoms with Gasteiger partial charge in [-0.1, -0.05) is 54.6 Å². The van der Waals surface area contributed by atoms with E-state index in [0.29, 0.717) is 5.95 Å². The number of rotatable bonds is 4. The molecule has 26 heavy (non-hydrogen) atoms. The topological polar surface area (TPSA) is 55.6 Å². The summed E-state index contributed by atoms with van der Waals surface area (Å²) >= 11 is 0. The molecule has 2 aromatic carbocycles. The molecule has 2 aromatic heterocycles. The van der Waals surface area contributed by atoms with Crippen LogP contribution in [0.15, 0.2) is 73.2 Å². The Bertz CT molecular complexity index is 1020. The molecule has 0 aliphatic carbocycles. The summed E-state index contributed by atoms with van der Waals surface area (Å²) in [6, 6.07) is 18.8. The lowest BCUT2D eigenvalue weighted by atomic mass is 10.0. The van der Waals surface area contributed by atoms with E-state index in [2.05, 4.69) is 51.8 Å². The maximum atomic E-state index is 4.69. The maximum absolute atomic E-state index is 4.69. The first-order valence-electron chi connectivity index (χ1n) is 8.44. The van der Waals surface area contributed by atoms with Gasteiger partial charge in [-0.2, -0.15) is 5.10 Å². The van der Waals surface area contributed by atoms with Gasteiger partial charge in [0.1, 0.15) is 0 Å². The highest BCUT2D eigenvalue weighted by Gasteiger charge is 2.08. The number of hydrogen-bond acceptors (Lipinski definition) is 4. The van der Waals surface area contributed by atoms with Gasteiger partial charge >= 0.3 is 0 Å². The van der Waals surface area contributed by atoms with E-state index < -0.39 is 0 Å². The Kier molecular flexibility index (Phi) is 4.19. The molecule has 0 atom stereocenters. The monoisotopic (exact) mass is 341 g/mol. The van der Waals surface area contributed by atoms with Crippen LogP contribution in [0.5, 0.6) is 0 Å². The molecule has 2 heterocycles. The van der Waals surface area contributed by atoms with Gasteiger partial charge in [-0.3, -0.25) is 4.68 Å². The fraction of sp³-hybridized carbons (Fsp3) is 0.0952. The lowest BCUT2D eigenvalue weighted by Crippen LogP contribution is -1.99. The van der Waals surface area contributed by atoms with E-state index in [1.165, 1.54) is 11.1 Å². The predicted octanol–water partition coefficient (Wildman–Crippen LogP) is 4.60. The Balaban J connectivity index is 1.63. The van der Waals surface area contributed by atoms with Gasteiger partial charge in [0, 0.05) is 25.0 Å². The van der Waals surface area contributed by atoms with E-state index in [9.17, 15) is 0 Å². The van der Waals surface area contributed by atoms with Crippen LogP contribution in [-0.2, 0) is 7.05 Å². The first-order chi connectivity index (χ1) is 12.7. The van der Waals surface area contributed by atoms with Gasteiger partial charge in [0.2, 0.25) is 5.95 Å². The van der Waals surface area contributed by atoms with E-state index >= 15 is 0 Å². The summed E-state index contributed by atoms with van der Waals surface area (Å²) < 4.78 is 1.74. The Hall–Kier alpha value is -3.47. The van der Waals surface area contributed by atoms with E-state index in [-0.39, 0.29) is 0 Å². The normalized spacial score (nSPS) is 10.7. The SMILES string of the molecule is Cc1cnc(Nc2cnn(C)c2)nc1-c1ccc(-c2ccccc2)cc1. The third kappa shape index (κ3) is 3.32. The largest absolute Gasteiger partial charge is 0.321 e. The summed E-state index contributed by atoms with van der Waals surface area (Å²) in [5, 5.41) is 7.34. The Morgan fingerprint density at radius 1 is 0.846 bits per heavy atom. The van der Waals surface area contributed by atoms with Gasteiger partial charge in [-0.05, 0) is 23.6 Å². The molecule has 0 radical (unpaired) electrons. The van der Waals surface area contributed by atoms with E-state index in [1.807, 2.05) is 44.6 Å². The van der Waals surface area contributed by atoms with Crippen LogP contribution < -0.4 is 5.32 Å². The van der Waals surface area contributed by atoms with Crippen molar-refractivity contribution < 1.29 is 0 Å². The molecule has 0 amide bonds. The van der Waals surface area contributed by atoms with Crippen molar-refractivity contribution >= 4 is 11.6 Å². The van der Waals surface area contributed by atoms with Crippen LogP contribution in [0.1, 0.15) is 5.56 Å². The third-order valence-corrected chi connectivity index (χ3v) is 4.20. The second kappa shape index (κ2) is 6.80. The third-order valence-electron chi connectivity index (χ3n) is 4.20. The van der Waals surface area contributed by atoms with Crippen molar-refractivity contribution in [2.45, 2.75) is 6.92 Å². The number of aryl methyl sites for hydroxylation is 2. The van der Waals surface area contributed by atoms with Crippen molar-refractivity contribution in [1.82, 2.24) is 19.7 Å².